The van der Waals surface area contributed by atoms with Gasteiger partial charge in [0.05, 0.1) is 11.7 Å². The number of anilines is 2. The van der Waals surface area contributed by atoms with E-state index in [4.69, 9.17) is 17.0 Å². The molecule has 2 aromatic rings. The summed E-state index contributed by atoms with van der Waals surface area (Å²) in [7, 11) is 0. The summed E-state index contributed by atoms with van der Waals surface area (Å²) >= 11 is 5.31. The summed E-state index contributed by atoms with van der Waals surface area (Å²) in [5.41, 5.74) is 1.79. The van der Waals surface area contributed by atoms with Crippen LogP contribution in [0.3, 0.4) is 0 Å². The number of amides is 2. The molecule has 0 aromatic heterocycles. The zero-order valence-corrected chi connectivity index (χ0v) is 18.8. The fraction of sp³-hybridized carbons (Fsp3) is 0.375. The molecule has 2 amide bonds. The smallest absolute Gasteiger partial charge is 0.261 e. The van der Waals surface area contributed by atoms with Gasteiger partial charge in [-0.05, 0) is 69.2 Å². The molecule has 1 saturated carbocycles. The molecular weight excluding hydrogens is 410 g/mol. The molecule has 31 heavy (non-hydrogen) atoms. The number of benzene rings is 2. The van der Waals surface area contributed by atoms with Crippen molar-refractivity contribution in [2.75, 3.05) is 10.6 Å². The van der Waals surface area contributed by atoms with Crippen LogP contribution in [-0.2, 0) is 4.79 Å². The predicted molar refractivity (Wildman–Crippen MR) is 128 cm³/mol. The lowest BCUT2D eigenvalue weighted by atomic mass is 9.88. The predicted octanol–water partition coefficient (Wildman–Crippen LogP) is 5.12. The third-order valence-electron chi connectivity index (χ3n) is 5.09. The number of carbonyl (C=O) groups excluding carboxylic acids is 2. The van der Waals surface area contributed by atoms with Gasteiger partial charge in [0.25, 0.3) is 5.91 Å². The minimum atomic E-state index is -0.351. The van der Waals surface area contributed by atoms with Crippen molar-refractivity contribution in [3.05, 3.63) is 54.1 Å². The maximum Gasteiger partial charge on any atom is 0.261 e. The SMILES string of the molecule is CC(C)Oc1ccccc1C(=O)NC(=S)Nc1cccc(NC(=O)C2CCCCC2)c1. The second kappa shape index (κ2) is 10.9. The number of rotatable bonds is 6. The first-order valence-corrected chi connectivity index (χ1v) is 11.1. The summed E-state index contributed by atoms with van der Waals surface area (Å²) in [6.07, 6.45) is 5.27. The lowest BCUT2D eigenvalue weighted by Gasteiger charge is -2.21. The molecule has 2 aromatic carbocycles. The molecule has 1 aliphatic carbocycles. The van der Waals surface area contributed by atoms with E-state index >= 15 is 0 Å². The molecule has 0 radical (unpaired) electrons. The van der Waals surface area contributed by atoms with Gasteiger partial charge >= 0.3 is 0 Å². The van der Waals surface area contributed by atoms with Gasteiger partial charge < -0.3 is 15.4 Å². The first-order chi connectivity index (χ1) is 14.9. The minimum Gasteiger partial charge on any atom is -0.490 e. The fourth-order valence-corrected chi connectivity index (χ4v) is 3.84. The van der Waals surface area contributed by atoms with E-state index in [0.717, 1.165) is 25.7 Å². The summed E-state index contributed by atoms with van der Waals surface area (Å²) < 4.78 is 5.70. The topological polar surface area (TPSA) is 79.5 Å². The highest BCUT2D eigenvalue weighted by atomic mass is 32.1. The number of ether oxygens (including phenoxy) is 1. The number of thiocarbonyl (C=S) groups is 1. The normalized spacial score (nSPS) is 14.0. The molecule has 0 atom stereocenters. The molecule has 1 aliphatic rings. The Balaban J connectivity index is 1.59. The van der Waals surface area contributed by atoms with Crippen LogP contribution < -0.4 is 20.7 Å². The molecule has 0 spiro atoms. The van der Waals surface area contributed by atoms with Gasteiger partial charge in [-0.2, -0.15) is 0 Å². The maximum atomic E-state index is 12.7. The second-order valence-corrected chi connectivity index (χ2v) is 8.38. The average molecular weight is 440 g/mol. The van der Waals surface area contributed by atoms with E-state index in [9.17, 15) is 9.59 Å². The van der Waals surface area contributed by atoms with Gasteiger partial charge in [-0.15, -0.1) is 0 Å². The molecular formula is C24H29N3O3S. The molecule has 3 N–H and O–H groups in total. The highest BCUT2D eigenvalue weighted by Gasteiger charge is 2.21. The van der Waals surface area contributed by atoms with E-state index in [-0.39, 0.29) is 28.9 Å². The van der Waals surface area contributed by atoms with E-state index in [0.29, 0.717) is 22.7 Å². The van der Waals surface area contributed by atoms with E-state index in [2.05, 4.69) is 16.0 Å². The quantitative estimate of drug-likeness (QED) is 0.545. The highest BCUT2D eigenvalue weighted by Crippen LogP contribution is 2.25. The molecule has 6 nitrogen and oxygen atoms in total. The summed E-state index contributed by atoms with van der Waals surface area (Å²) in [6, 6.07) is 14.3. The van der Waals surface area contributed by atoms with Crippen LogP contribution >= 0.6 is 12.2 Å². The van der Waals surface area contributed by atoms with Gasteiger partial charge in [0.2, 0.25) is 5.91 Å². The average Bonchev–Trinajstić information content (AvgIpc) is 2.74. The van der Waals surface area contributed by atoms with Gasteiger partial charge in [-0.25, -0.2) is 0 Å². The first kappa shape index (κ1) is 22.7. The fourth-order valence-electron chi connectivity index (χ4n) is 3.63. The third-order valence-corrected chi connectivity index (χ3v) is 5.29. The van der Waals surface area contributed by atoms with Gasteiger partial charge in [0, 0.05) is 17.3 Å². The zero-order chi connectivity index (χ0) is 22.2. The standard InChI is InChI=1S/C24H29N3O3S/c1-16(2)30-21-14-7-6-13-20(21)23(29)27-24(31)26-19-12-8-11-18(15-19)25-22(28)17-9-4-3-5-10-17/h6-8,11-17H,3-5,9-10H2,1-2H3,(H,25,28)(H2,26,27,29,31). The number of hydrogen-bond acceptors (Lipinski definition) is 4. The highest BCUT2D eigenvalue weighted by molar-refractivity contribution is 7.80. The molecule has 0 unspecified atom stereocenters. The Labute approximate surface area is 188 Å². The van der Waals surface area contributed by atoms with Gasteiger partial charge in [0.1, 0.15) is 5.75 Å². The summed E-state index contributed by atoms with van der Waals surface area (Å²) in [6.45, 7) is 3.81. The number of hydrogen-bond donors (Lipinski definition) is 3. The van der Waals surface area contributed by atoms with Crippen LogP contribution in [-0.4, -0.2) is 23.0 Å². The zero-order valence-electron chi connectivity index (χ0n) is 17.9. The van der Waals surface area contributed by atoms with Gasteiger partial charge in [-0.3, -0.25) is 14.9 Å². The van der Waals surface area contributed by atoms with Crippen molar-refractivity contribution < 1.29 is 14.3 Å². The lowest BCUT2D eigenvalue weighted by Crippen LogP contribution is -2.34. The van der Waals surface area contributed by atoms with E-state index in [1.807, 2.05) is 38.1 Å². The maximum absolute atomic E-state index is 12.7. The van der Waals surface area contributed by atoms with Crippen molar-refractivity contribution >= 4 is 40.5 Å². The van der Waals surface area contributed by atoms with Crippen LogP contribution in [0, 0.1) is 5.92 Å². The molecule has 0 aliphatic heterocycles. The van der Waals surface area contributed by atoms with Gasteiger partial charge in [-0.1, -0.05) is 37.5 Å². The Morgan fingerprint density at radius 2 is 1.65 bits per heavy atom. The molecule has 0 saturated heterocycles. The molecule has 0 heterocycles. The molecule has 1 fully saturated rings. The van der Waals surface area contributed by atoms with Crippen molar-refractivity contribution in [3.63, 3.8) is 0 Å². The Morgan fingerprint density at radius 1 is 0.968 bits per heavy atom. The van der Waals surface area contributed by atoms with Crippen LogP contribution in [0.4, 0.5) is 11.4 Å². The minimum absolute atomic E-state index is 0.0504. The van der Waals surface area contributed by atoms with Crippen molar-refractivity contribution in [2.24, 2.45) is 5.92 Å². The van der Waals surface area contributed by atoms with Crippen LogP contribution in [0.15, 0.2) is 48.5 Å². The number of nitrogens with one attached hydrogen (secondary N) is 3. The molecule has 3 rings (SSSR count). The van der Waals surface area contributed by atoms with Crippen molar-refractivity contribution in [2.45, 2.75) is 52.1 Å². The number of carbonyl (C=O) groups is 2. The van der Waals surface area contributed by atoms with Crippen LogP contribution in [0.25, 0.3) is 0 Å². The monoisotopic (exact) mass is 439 g/mol. The Hall–Kier alpha value is -2.93. The van der Waals surface area contributed by atoms with Crippen molar-refractivity contribution in [1.29, 1.82) is 0 Å². The van der Waals surface area contributed by atoms with Crippen LogP contribution in [0.2, 0.25) is 0 Å². The second-order valence-electron chi connectivity index (χ2n) is 7.98. The third kappa shape index (κ3) is 6.79. The number of para-hydroxylation sites is 1. The first-order valence-electron chi connectivity index (χ1n) is 10.7. The van der Waals surface area contributed by atoms with E-state index in [1.165, 1.54) is 6.42 Å². The van der Waals surface area contributed by atoms with Crippen molar-refractivity contribution in [3.8, 4) is 5.75 Å². The summed E-state index contributed by atoms with van der Waals surface area (Å²) in [5.74, 6) is 0.300. The summed E-state index contributed by atoms with van der Waals surface area (Å²) in [4.78, 5) is 25.1. The largest absolute Gasteiger partial charge is 0.490 e. The van der Waals surface area contributed by atoms with Gasteiger partial charge in [0.15, 0.2) is 5.11 Å². The van der Waals surface area contributed by atoms with E-state index in [1.54, 1.807) is 24.3 Å². The molecule has 0 bridgehead atoms. The summed E-state index contributed by atoms with van der Waals surface area (Å²) in [5, 5.41) is 8.85. The van der Waals surface area contributed by atoms with Crippen LogP contribution in [0.5, 0.6) is 5.75 Å². The lowest BCUT2D eigenvalue weighted by molar-refractivity contribution is -0.120. The Morgan fingerprint density at radius 3 is 2.35 bits per heavy atom. The molecule has 7 heteroatoms. The molecule has 164 valence electrons. The Bertz CT molecular complexity index is 939. The van der Waals surface area contributed by atoms with Crippen LogP contribution in [0.1, 0.15) is 56.3 Å². The van der Waals surface area contributed by atoms with Crippen molar-refractivity contribution in [1.82, 2.24) is 5.32 Å². The Kier molecular flexibility index (Phi) is 8.00. The van der Waals surface area contributed by atoms with E-state index < -0.39 is 0 Å².